The van der Waals surface area contributed by atoms with E-state index in [2.05, 4.69) is 16.5 Å². The van der Waals surface area contributed by atoms with Crippen molar-refractivity contribution in [3.8, 4) is 0 Å². The van der Waals surface area contributed by atoms with Gasteiger partial charge in [0.1, 0.15) is 0 Å². The Hall–Kier alpha value is -2.10. The fourth-order valence-electron chi connectivity index (χ4n) is 4.26. The molecule has 1 aliphatic carbocycles. The lowest BCUT2D eigenvalue weighted by Gasteiger charge is -2.32. The molecule has 0 aromatic carbocycles. The number of pyridine rings is 1. The van der Waals surface area contributed by atoms with E-state index in [-0.39, 0.29) is 5.91 Å². The van der Waals surface area contributed by atoms with Crippen molar-refractivity contribution in [2.75, 3.05) is 13.1 Å². The molecule has 4 rings (SSSR count). The zero-order valence-electron chi connectivity index (χ0n) is 13.5. The first-order valence-electron chi connectivity index (χ1n) is 8.66. The Morgan fingerprint density at radius 1 is 1.30 bits per heavy atom. The van der Waals surface area contributed by atoms with Gasteiger partial charge >= 0.3 is 0 Å². The van der Waals surface area contributed by atoms with E-state index in [0.29, 0.717) is 5.92 Å². The van der Waals surface area contributed by atoms with Crippen molar-refractivity contribution in [3.05, 3.63) is 41.9 Å². The number of carbonyl (C=O) groups is 1. The van der Waals surface area contributed by atoms with Gasteiger partial charge in [0, 0.05) is 36.3 Å². The zero-order chi connectivity index (χ0) is 15.8. The minimum absolute atomic E-state index is 0.0472. The van der Waals surface area contributed by atoms with Crippen molar-refractivity contribution >= 4 is 16.8 Å². The van der Waals surface area contributed by atoms with Gasteiger partial charge in [-0.15, -0.1) is 0 Å². The summed E-state index contributed by atoms with van der Waals surface area (Å²) in [6.45, 7) is 5.25. The fraction of sp³-hybridized carbons (Fsp3) is 0.474. The highest BCUT2D eigenvalue weighted by Gasteiger charge is 2.27. The molecule has 1 fully saturated rings. The molecule has 1 unspecified atom stereocenters. The number of hydrogen-bond donors (Lipinski definition) is 1. The smallest absolute Gasteiger partial charge is 0.245 e. The van der Waals surface area contributed by atoms with Gasteiger partial charge in [-0.25, -0.2) is 0 Å². The summed E-state index contributed by atoms with van der Waals surface area (Å²) < 4.78 is 0. The summed E-state index contributed by atoms with van der Waals surface area (Å²) in [5.74, 6) is 0.427. The molecule has 1 saturated heterocycles. The number of carbonyl (C=O) groups excluding carboxylic acids is 1. The van der Waals surface area contributed by atoms with Crippen LogP contribution in [0.3, 0.4) is 0 Å². The lowest BCUT2D eigenvalue weighted by molar-refractivity contribution is -0.127. The average molecular weight is 309 g/mol. The number of H-pyrrole nitrogens is 1. The van der Waals surface area contributed by atoms with Crippen LogP contribution in [-0.2, 0) is 17.6 Å². The third kappa shape index (κ3) is 2.46. The summed E-state index contributed by atoms with van der Waals surface area (Å²) in [6, 6.07) is 0. The van der Waals surface area contributed by atoms with E-state index in [9.17, 15) is 4.79 Å². The fourth-order valence-corrected chi connectivity index (χ4v) is 4.26. The molecule has 1 atom stereocenters. The van der Waals surface area contributed by atoms with Gasteiger partial charge in [0.25, 0.3) is 0 Å². The van der Waals surface area contributed by atoms with Crippen LogP contribution in [0, 0.1) is 0 Å². The topological polar surface area (TPSA) is 49.0 Å². The largest absolute Gasteiger partial charge is 0.357 e. The Labute approximate surface area is 136 Å². The second-order valence-corrected chi connectivity index (χ2v) is 6.77. The molecule has 2 aliphatic rings. The van der Waals surface area contributed by atoms with Crippen LogP contribution in [0.25, 0.3) is 10.9 Å². The van der Waals surface area contributed by atoms with E-state index in [1.807, 2.05) is 17.3 Å². The predicted octanol–water partition coefficient (Wildman–Crippen LogP) is 3.33. The van der Waals surface area contributed by atoms with Crippen molar-refractivity contribution in [1.82, 2.24) is 14.9 Å². The number of aromatic amines is 1. The number of likely N-dealkylation sites (tertiary alicyclic amines) is 1. The molecule has 120 valence electrons. The first-order chi connectivity index (χ1) is 11.3. The first kappa shape index (κ1) is 14.5. The third-order valence-corrected chi connectivity index (χ3v) is 5.38. The summed E-state index contributed by atoms with van der Waals surface area (Å²) in [5, 5.41) is 1.38. The summed E-state index contributed by atoms with van der Waals surface area (Å²) in [6.07, 6.45) is 12.4. The van der Waals surface area contributed by atoms with Crippen LogP contribution in [0.4, 0.5) is 0 Å². The van der Waals surface area contributed by atoms with E-state index >= 15 is 0 Å². The molecule has 1 aliphatic heterocycles. The summed E-state index contributed by atoms with van der Waals surface area (Å²) in [7, 11) is 0. The highest BCUT2D eigenvalue weighted by Crippen LogP contribution is 2.36. The van der Waals surface area contributed by atoms with Crippen LogP contribution < -0.4 is 0 Å². The van der Waals surface area contributed by atoms with Gasteiger partial charge in [-0.1, -0.05) is 6.58 Å². The van der Waals surface area contributed by atoms with Crippen molar-refractivity contribution < 1.29 is 4.79 Å². The van der Waals surface area contributed by atoms with E-state index < -0.39 is 0 Å². The van der Waals surface area contributed by atoms with Gasteiger partial charge in [0.2, 0.25) is 5.91 Å². The maximum Gasteiger partial charge on any atom is 0.245 e. The van der Waals surface area contributed by atoms with Crippen LogP contribution in [0.1, 0.15) is 48.4 Å². The number of rotatable bonds is 2. The molecule has 0 radical (unpaired) electrons. The number of aromatic nitrogens is 2. The Bertz CT molecular complexity index is 761. The molecule has 2 aromatic heterocycles. The molecule has 4 nitrogen and oxygen atoms in total. The average Bonchev–Trinajstić information content (AvgIpc) is 2.99. The molecule has 23 heavy (non-hydrogen) atoms. The minimum Gasteiger partial charge on any atom is -0.357 e. The number of aryl methyl sites for hydroxylation is 2. The predicted molar refractivity (Wildman–Crippen MR) is 91.5 cm³/mol. The quantitative estimate of drug-likeness (QED) is 0.865. The van der Waals surface area contributed by atoms with Crippen LogP contribution in [0.5, 0.6) is 0 Å². The van der Waals surface area contributed by atoms with Crippen molar-refractivity contribution in [2.45, 2.75) is 44.4 Å². The Balaban J connectivity index is 1.75. The molecule has 0 bridgehead atoms. The molecule has 2 aromatic rings. The number of nitrogens with one attached hydrogen (secondary N) is 1. The van der Waals surface area contributed by atoms with E-state index in [4.69, 9.17) is 0 Å². The Morgan fingerprint density at radius 3 is 3.04 bits per heavy atom. The first-order valence-corrected chi connectivity index (χ1v) is 8.66. The van der Waals surface area contributed by atoms with Crippen molar-refractivity contribution in [1.29, 1.82) is 0 Å². The van der Waals surface area contributed by atoms with Gasteiger partial charge in [-0.2, -0.15) is 0 Å². The molecule has 3 heterocycles. The Morgan fingerprint density at radius 2 is 2.17 bits per heavy atom. The number of hydrogen-bond acceptors (Lipinski definition) is 2. The van der Waals surface area contributed by atoms with Crippen LogP contribution >= 0.6 is 0 Å². The molecule has 1 amide bonds. The molecule has 4 heteroatoms. The van der Waals surface area contributed by atoms with Gasteiger partial charge in [0.15, 0.2) is 0 Å². The molecular weight excluding hydrogens is 286 g/mol. The van der Waals surface area contributed by atoms with Crippen molar-refractivity contribution in [2.24, 2.45) is 0 Å². The van der Waals surface area contributed by atoms with Gasteiger partial charge in [0.05, 0.1) is 11.7 Å². The lowest BCUT2D eigenvalue weighted by Crippen LogP contribution is -2.38. The van der Waals surface area contributed by atoms with Crippen LogP contribution in [0.2, 0.25) is 0 Å². The lowest BCUT2D eigenvalue weighted by atomic mass is 9.86. The highest BCUT2D eigenvalue weighted by molar-refractivity contribution is 5.89. The summed E-state index contributed by atoms with van der Waals surface area (Å²) in [4.78, 5) is 22.0. The second kappa shape index (κ2) is 5.84. The zero-order valence-corrected chi connectivity index (χ0v) is 13.5. The molecular formula is C19H23N3O. The van der Waals surface area contributed by atoms with Crippen LogP contribution in [0.15, 0.2) is 25.0 Å². The standard InChI is InChI=1S/C19H23N3O/c1-2-18(23)22-9-5-6-13(12-22)15-10-20-11-17-19(15)14-7-3-4-8-16(14)21-17/h2,10-11,13,21H,1,3-9,12H2. The third-order valence-electron chi connectivity index (χ3n) is 5.38. The Kier molecular flexibility index (Phi) is 3.68. The van der Waals surface area contributed by atoms with E-state index in [0.717, 1.165) is 38.8 Å². The number of fused-ring (bicyclic) bond motifs is 3. The molecule has 1 N–H and O–H groups in total. The van der Waals surface area contributed by atoms with Gasteiger partial charge in [-0.3, -0.25) is 9.78 Å². The minimum atomic E-state index is 0.0472. The molecule has 0 spiro atoms. The number of amides is 1. The van der Waals surface area contributed by atoms with E-state index in [1.165, 1.54) is 46.6 Å². The van der Waals surface area contributed by atoms with Crippen molar-refractivity contribution in [3.63, 3.8) is 0 Å². The van der Waals surface area contributed by atoms with Crippen LogP contribution in [-0.4, -0.2) is 33.9 Å². The number of nitrogens with zero attached hydrogens (tertiary/aromatic N) is 2. The SMILES string of the molecule is C=CC(=O)N1CCCC(c2cncc3[nH]c4c(c23)CCCC4)C1. The highest BCUT2D eigenvalue weighted by atomic mass is 16.2. The number of piperidine rings is 1. The van der Waals surface area contributed by atoms with Gasteiger partial charge < -0.3 is 9.88 Å². The summed E-state index contributed by atoms with van der Waals surface area (Å²) in [5.41, 5.74) is 5.39. The molecule has 0 saturated carbocycles. The maximum atomic E-state index is 12.0. The monoisotopic (exact) mass is 309 g/mol. The summed E-state index contributed by atoms with van der Waals surface area (Å²) >= 11 is 0. The van der Waals surface area contributed by atoms with E-state index in [1.54, 1.807) is 0 Å². The second-order valence-electron chi connectivity index (χ2n) is 6.77. The maximum absolute atomic E-state index is 12.0. The normalized spacial score (nSPS) is 21.2. The van der Waals surface area contributed by atoms with Gasteiger partial charge in [-0.05, 0) is 55.7 Å².